The maximum atomic E-state index is 12.6. The zero-order valence-electron chi connectivity index (χ0n) is 10.7. The summed E-state index contributed by atoms with van der Waals surface area (Å²) in [5.41, 5.74) is 5.92. The van der Waals surface area contributed by atoms with E-state index in [1.54, 1.807) is 18.2 Å². The van der Waals surface area contributed by atoms with Crippen LogP contribution in [0, 0.1) is 11.3 Å². The maximum absolute atomic E-state index is 12.6. The summed E-state index contributed by atoms with van der Waals surface area (Å²) in [7, 11) is 0. The van der Waals surface area contributed by atoms with Crippen LogP contribution in [0.3, 0.4) is 0 Å². The van der Waals surface area contributed by atoms with Gasteiger partial charge in [0, 0.05) is 5.56 Å². The van der Waals surface area contributed by atoms with Crippen molar-refractivity contribution in [3.63, 3.8) is 0 Å². The molecular weight excluding hydrogens is 279 g/mol. The maximum Gasteiger partial charge on any atom is 0.416 e. The van der Waals surface area contributed by atoms with Gasteiger partial charge in [-0.3, -0.25) is 0 Å². The number of amidine groups is 1. The lowest BCUT2D eigenvalue weighted by molar-refractivity contribution is -0.137. The molecule has 106 valence electrons. The third-order valence-electron chi connectivity index (χ3n) is 2.71. The van der Waals surface area contributed by atoms with E-state index in [-0.39, 0.29) is 11.4 Å². The molecule has 0 saturated carbocycles. The van der Waals surface area contributed by atoms with Crippen molar-refractivity contribution in [2.75, 3.05) is 0 Å². The number of nitrogens with two attached hydrogens (primary N) is 1. The predicted molar refractivity (Wildman–Crippen MR) is 73.0 cm³/mol. The lowest BCUT2D eigenvalue weighted by Gasteiger charge is -2.08. The number of hydrogen-bond acceptors (Lipinski definition) is 2. The van der Waals surface area contributed by atoms with Crippen molar-refractivity contribution < 1.29 is 13.2 Å². The van der Waals surface area contributed by atoms with Crippen LogP contribution in [0.2, 0.25) is 0 Å². The molecule has 21 heavy (non-hydrogen) atoms. The van der Waals surface area contributed by atoms with E-state index in [1.807, 2.05) is 6.07 Å². The van der Waals surface area contributed by atoms with Gasteiger partial charge >= 0.3 is 6.18 Å². The Bertz CT molecular complexity index is 727. The number of nitriles is 1. The first-order valence-corrected chi connectivity index (χ1v) is 5.92. The van der Waals surface area contributed by atoms with E-state index in [2.05, 4.69) is 4.99 Å². The molecule has 2 N–H and O–H groups in total. The van der Waals surface area contributed by atoms with Gasteiger partial charge in [0.15, 0.2) is 0 Å². The molecular formula is C15H10F3N3. The third-order valence-corrected chi connectivity index (χ3v) is 2.71. The highest BCUT2D eigenvalue weighted by atomic mass is 19.4. The number of alkyl halides is 3. The Kier molecular flexibility index (Phi) is 3.94. The highest BCUT2D eigenvalue weighted by Gasteiger charge is 2.30. The summed E-state index contributed by atoms with van der Waals surface area (Å²) in [5.74, 6) is -0.0452. The summed E-state index contributed by atoms with van der Waals surface area (Å²) >= 11 is 0. The van der Waals surface area contributed by atoms with Crippen LogP contribution >= 0.6 is 0 Å². The molecule has 0 radical (unpaired) electrons. The van der Waals surface area contributed by atoms with Gasteiger partial charge in [0.05, 0.1) is 22.9 Å². The second-order valence-corrected chi connectivity index (χ2v) is 4.24. The van der Waals surface area contributed by atoms with Crippen molar-refractivity contribution >= 4 is 11.5 Å². The number of benzene rings is 2. The first-order chi connectivity index (χ1) is 9.90. The van der Waals surface area contributed by atoms with Gasteiger partial charge in [-0.15, -0.1) is 0 Å². The molecule has 0 atom stereocenters. The molecule has 0 bridgehead atoms. The predicted octanol–water partition coefficient (Wildman–Crippen LogP) is 3.61. The summed E-state index contributed by atoms with van der Waals surface area (Å²) in [6.45, 7) is 0. The zero-order chi connectivity index (χ0) is 15.5. The lowest BCUT2D eigenvalue weighted by atomic mass is 10.1. The largest absolute Gasteiger partial charge is 0.416 e. The van der Waals surface area contributed by atoms with Gasteiger partial charge < -0.3 is 5.73 Å². The Morgan fingerprint density at radius 2 is 1.81 bits per heavy atom. The minimum atomic E-state index is -4.43. The Morgan fingerprint density at radius 1 is 1.10 bits per heavy atom. The van der Waals surface area contributed by atoms with Gasteiger partial charge in [-0.25, -0.2) is 4.99 Å². The highest BCUT2D eigenvalue weighted by Crippen LogP contribution is 2.29. The molecule has 0 aliphatic carbocycles. The fraction of sp³-hybridized carbons (Fsp3) is 0.0667. The summed E-state index contributed by atoms with van der Waals surface area (Å²) < 4.78 is 37.9. The SMILES string of the molecule is N#Cc1cccc(N=C(N)c2cccc(C(F)(F)F)c2)c1. The minimum Gasteiger partial charge on any atom is -0.383 e. The normalized spacial score (nSPS) is 12.0. The molecule has 2 rings (SSSR count). The van der Waals surface area contributed by atoms with E-state index in [1.165, 1.54) is 18.2 Å². The molecule has 0 saturated heterocycles. The highest BCUT2D eigenvalue weighted by molar-refractivity contribution is 5.99. The van der Waals surface area contributed by atoms with E-state index >= 15 is 0 Å². The number of hydrogen-bond donors (Lipinski definition) is 1. The van der Waals surface area contributed by atoms with Gasteiger partial charge in [0.1, 0.15) is 5.84 Å². The smallest absolute Gasteiger partial charge is 0.383 e. The molecule has 0 spiro atoms. The first kappa shape index (κ1) is 14.6. The number of nitrogens with zero attached hydrogens (tertiary/aromatic N) is 2. The number of aliphatic imine (C=N–C) groups is 1. The van der Waals surface area contributed by atoms with E-state index in [0.717, 1.165) is 12.1 Å². The summed E-state index contributed by atoms with van der Waals surface area (Å²) in [5, 5.41) is 8.78. The summed E-state index contributed by atoms with van der Waals surface area (Å²) in [4.78, 5) is 4.04. The molecule has 0 fully saturated rings. The van der Waals surface area contributed by atoms with E-state index in [0.29, 0.717) is 11.3 Å². The van der Waals surface area contributed by atoms with Crippen molar-refractivity contribution in [2.45, 2.75) is 6.18 Å². The topological polar surface area (TPSA) is 62.2 Å². The van der Waals surface area contributed by atoms with Gasteiger partial charge in [0.25, 0.3) is 0 Å². The average Bonchev–Trinajstić information content (AvgIpc) is 2.46. The molecule has 2 aromatic carbocycles. The quantitative estimate of drug-likeness (QED) is 0.678. The Morgan fingerprint density at radius 3 is 2.48 bits per heavy atom. The Balaban J connectivity index is 2.37. The molecule has 2 aromatic rings. The third kappa shape index (κ3) is 3.60. The monoisotopic (exact) mass is 289 g/mol. The fourth-order valence-corrected chi connectivity index (χ4v) is 1.70. The van der Waals surface area contributed by atoms with Crippen LogP contribution in [0.4, 0.5) is 18.9 Å². The second kappa shape index (κ2) is 5.67. The fourth-order valence-electron chi connectivity index (χ4n) is 1.70. The Labute approximate surface area is 119 Å². The van der Waals surface area contributed by atoms with Crippen molar-refractivity contribution in [3.8, 4) is 6.07 Å². The van der Waals surface area contributed by atoms with Crippen molar-refractivity contribution in [2.24, 2.45) is 10.7 Å². The standard InChI is InChI=1S/C15H10F3N3/c16-15(17,18)12-5-2-4-11(8-12)14(20)21-13-6-1-3-10(7-13)9-19/h1-8H,(H2,20,21). The van der Waals surface area contributed by atoms with Crippen LogP contribution in [0.15, 0.2) is 53.5 Å². The van der Waals surface area contributed by atoms with Gasteiger partial charge in [-0.1, -0.05) is 18.2 Å². The van der Waals surface area contributed by atoms with Crippen LogP contribution in [-0.4, -0.2) is 5.84 Å². The lowest BCUT2D eigenvalue weighted by Crippen LogP contribution is -2.14. The minimum absolute atomic E-state index is 0.0452. The number of halogens is 3. The molecule has 3 nitrogen and oxygen atoms in total. The van der Waals surface area contributed by atoms with Gasteiger partial charge in [-0.2, -0.15) is 18.4 Å². The molecule has 0 amide bonds. The molecule has 0 unspecified atom stereocenters. The molecule has 0 heterocycles. The Hall–Kier alpha value is -2.81. The molecule has 0 aliphatic rings. The van der Waals surface area contributed by atoms with Gasteiger partial charge in [0.2, 0.25) is 0 Å². The van der Waals surface area contributed by atoms with Crippen LogP contribution in [0.25, 0.3) is 0 Å². The first-order valence-electron chi connectivity index (χ1n) is 5.92. The van der Waals surface area contributed by atoms with Gasteiger partial charge in [-0.05, 0) is 30.3 Å². The molecule has 6 heteroatoms. The van der Waals surface area contributed by atoms with E-state index < -0.39 is 11.7 Å². The van der Waals surface area contributed by atoms with Crippen molar-refractivity contribution in [1.82, 2.24) is 0 Å². The molecule has 0 aliphatic heterocycles. The van der Waals surface area contributed by atoms with Crippen LogP contribution in [-0.2, 0) is 6.18 Å². The second-order valence-electron chi connectivity index (χ2n) is 4.24. The van der Waals surface area contributed by atoms with Crippen molar-refractivity contribution in [3.05, 3.63) is 65.2 Å². The molecule has 0 aromatic heterocycles. The number of rotatable bonds is 2. The zero-order valence-corrected chi connectivity index (χ0v) is 10.7. The van der Waals surface area contributed by atoms with Crippen LogP contribution in [0.5, 0.6) is 0 Å². The van der Waals surface area contributed by atoms with E-state index in [4.69, 9.17) is 11.0 Å². The van der Waals surface area contributed by atoms with Crippen LogP contribution in [0.1, 0.15) is 16.7 Å². The van der Waals surface area contributed by atoms with Crippen molar-refractivity contribution in [1.29, 1.82) is 5.26 Å². The summed E-state index contributed by atoms with van der Waals surface area (Å²) in [6.07, 6.45) is -4.43. The average molecular weight is 289 g/mol. The van der Waals surface area contributed by atoms with E-state index in [9.17, 15) is 13.2 Å². The van der Waals surface area contributed by atoms with Crippen LogP contribution < -0.4 is 5.73 Å². The summed E-state index contributed by atoms with van der Waals surface area (Å²) in [6, 6.07) is 12.9.